The summed E-state index contributed by atoms with van der Waals surface area (Å²) in [6.07, 6.45) is 0. The van der Waals surface area contributed by atoms with Crippen molar-refractivity contribution in [1.29, 1.82) is 0 Å². The molecule has 6 heterocycles. The average molecular weight is 1430 g/mol. The lowest BCUT2D eigenvalue weighted by Gasteiger charge is -2.17. The van der Waals surface area contributed by atoms with E-state index in [0.717, 1.165) is 188 Å². The van der Waals surface area contributed by atoms with E-state index in [1.807, 2.05) is 97.1 Å². The fourth-order valence-electron chi connectivity index (χ4n) is 16.5. The number of fused-ring (bicyclic) bond motifs is 12. The van der Waals surface area contributed by atoms with Gasteiger partial charge in [0.05, 0.1) is 33.4 Å². The number of aromatic nitrogens is 8. The number of benzene rings is 16. The van der Waals surface area contributed by atoms with Gasteiger partial charge >= 0.3 is 0 Å². The number of para-hydroxylation sites is 4. The molecule has 6 aromatic heterocycles. The normalized spacial score (nSPS) is 11.8. The quantitative estimate of drug-likeness (QED) is 0.112. The summed E-state index contributed by atoms with van der Waals surface area (Å²) in [6, 6.07) is 132. The number of rotatable bonds is 13. The van der Waals surface area contributed by atoms with E-state index in [1.165, 1.54) is 0 Å². The smallest absolute Gasteiger partial charge is 0.164 e. The van der Waals surface area contributed by atoms with Crippen LogP contribution in [-0.2, 0) is 0 Å². The highest BCUT2D eigenvalue weighted by Gasteiger charge is 2.25. The van der Waals surface area contributed by atoms with Crippen LogP contribution in [-0.4, -0.2) is 39.0 Å². The summed E-state index contributed by atoms with van der Waals surface area (Å²) in [5, 5.41) is 8.86. The minimum atomic E-state index is 0.549. The van der Waals surface area contributed by atoms with Crippen molar-refractivity contribution in [1.82, 2.24) is 39.0 Å². The molecule has 0 N–H and O–H groups in total. The third-order valence-corrected chi connectivity index (χ3v) is 21.9. The van der Waals surface area contributed by atoms with Crippen LogP contribution < -0.4 is 0 Å². The Morgan fingerprint density at radius 3 is 1.05 bits per heavy atom. The van der Waals surface area contributed by atoms with Crippen LogP contribution in [0.15, 0.2) is 385 Å². The van der Waals surface area contributed by atoms with Crippen LogP contribution in [0.1, 0.15) is 0 Å². The highest BCUT2D eigenvalue weighted by molar-refractivity contribution is 6.16. The molecule has 0 aliphatic rings. The molecule has 0 radical (unpaired) electrons. The van der Waals surface area contributed by atoms with E-state index in [9.17, 15) is 0 Å². The Balaban J connectivity index is 0.668. The fraction of sp³-hybridized carbons (Fsp3) is 0. The van der Waals surface area contributed by atoms with Crippen molar-refractivity contribution < 1.29 is 8.83 Å². The first-order valence-electron chi connectivity index (χ1n) is 37.6. The molecule has 0 spiro atoms. The number of furan rings is 2. The monoisotopic (exact) mass is 1430 g/mol. The third kappa shape index (κ3) is 10.9. The molecule has 0 atom stereocenters. The predicted octanol–water partition coefficient (Wildman–Crippen LogP) is 26.4. The maximum Gasteiger partial charge on any atom is 0.164 e. The van der Waals surface area contributed by atoms with Gasteiger partial charge in [-0.05, 0) is 129 Å². The summed E-state index contributed by atoms with van der Waals surface area (Å²) in [6.45, 7) is 0. The Labute approximate surface area is 642 Å². The SMILES string of the molecule is c1ccc(-c2nc(-c3ccccc3)nc(-c3ccc(-n4c5ccccc5c5ccc(-c6cc(-c7ccc(-c8nc(-c9ccccc9)nc(-c9ccc(-c%10ccccc%10)c(-n%10c%11ccccc%11c%11ccc(-c%12ccc%13c(c%12)oc%12ccccc%12%13)cc%11%10)c9)n8)cc7)c7c(c6)oc6ccccc67)cc54)c(-c4ccccc4)c3)n2)cc1. The topological polar surface area (TPSA) is 113 Å². The summed E-state index contributed by atoms with van der Waals surface area (Å²) < 4.78 is 18.2. The summed E-state index contributed by atoms with van der Waals surface area (Å²) >= 11 is 0. The summed E-state index contributed by atoms with van der Waals surface area (Å²) in [5.41, 5.74) is 25.4. The van der Waals surface area contributed by atoms with Gasteiger partial charge in [-0.15, -0.1) is 0 Å². The third-order valence-electron chi connectivity index (χ3n) is 21.9. The van der Waals surface area contributed by atoms with E-state index in [1.54, 1.807) is 0 Å². The molecule has 22 rings (SSSR count). The van der Waals surface area contributed by atoms with Gasteiger partial charge in [-0.25, -0.2) is 29.9 Å². The van der Waals surface area contributed by atoms with Crippen LogP contribution in [0.4, 0.5) is 0 Å². The zero-order chi connectivity index (χ0) is 73.7. The lowest BCUT2D eigenvalue weighted by Crippen LogP contribution is -2.02. The van der Waals surface area contributed by atoms with Gasteiger partial charge in [-0.2, -0.15) is 0 Å². The molecule has 10 heteroatoms. The number of hydrogen-bond donors (Lipinski definition) is 0. The molecule has 22 aromatic rings. The molecule has 0 aliphatic carbocycles. The second kappa shape index (κ2) is 26.3. The minimum Gasteiger partial charge on any atom is -0.456 e. The Kier molecular flexibility index (Phi) is 15.0. The van der Waals surface area contributed by atoms with Gasteiger partial charge in [-0.3, -0.25) is 0 Å². The van der Waals surface area contributed by atoms with E-state index in [-0.39, 0.29) is 0 Å². The van der Waals surface area contributed by atoms with Crippen molar-refractivity contribution in [2.45, 2.75) is 0 Å². The van der Waals surface area contributed by atoms with E-state index in [4.69, 9.17) is 38.7 Å². The van der Waals surface area contributed by atoms with E-state index < -0.39 is 0 Å². The molecule has 0 amide bonds. The van der Waals surface area contributed by atoms with E-state index in [0.29, 0.717) is 34.9 Å². The fourth-order valence-corrected chi connectivity index (χ4v) is 16.5. The van der Waals surface area contributed by atoms with Crippen LogP contribution in [0.5, 0.6) is 0 Å². The first-order chi connectivity index (χ1) is 55.5. The molecular weight excluding hydrogens is 1370 g/mol. The largest absolute Gasteiger partial charge is 0.456 e. The summed E-state index contributed by atoms with van der Waals surface area (Å²) in [5.74, 6) is 3.47. The van der Waals surface area contributed by atoms with Gasteiger partial charge < -0.3 is 18.0 Å². The van der Waals surface area contributed by atoms with Crippen LogP contribution in [0.2, 0.25) is 0 Å². The standard InChI is InChI=1S/C102H62N8O2/c1-6-24-63(25-7-1)76-51-49-74(60-89(76)110-87-39-21-17-35-78(87)80-52-46-70(58-91(80)110)72-48-54-82-81-36-18-22-40-92(81)111-94(82)61-72)102-107-99(68-32-14-5-15-33-68)104-100(108-102)69-44-42-65(43-45-69)85-57-75(62-95-96(85)83-37-19-23-41-93(83)112-95)71-47-53-79-77-34-16-20-38-86(77)109(90(79)59-71)88-55-50-73(56-84(88)64-26-8-2-9-27-64)101-105-97(66-28-10-3-11-29-66)103-98(106-101)67-30-12-4-13-31-67/h1-62H. The Morgan fingerprint density at radius 1 is 0.170 bits per heavy atom. The first-order valence-corrected chi connectivity index (χ1v) is 37.6. The van der Waals surface area contributed by atoms with Gasteiger partial charge in [0.1, 0.15) is 22.3 Å². The van der Waals surface area contributed by atoms with Gasteiger partial charge in [0.15, 0.2) is 34.9 Å². The lowest BCUT2D eigenvalue weighted by atomic mass is 9.93. The predicted molar refractivity (Wildman–Crippen MR) is 456 cm³/mol. The Hall–Kier alpha value is -15.3. The van der Waals surface area contributed by atoms with Gasteiger partial charge in [0, 0.05) is 87.6 Å². The molecule has 10 nitrogen and oxygen atoms in total. The van der Waals surface area contributed by atoms with E-state index >= 15 is 0 Å². The molecule has 0 saturated carbocycles. The zero-order valence-corrected chi connectivity index (χ0v) is 60.2. The molecule has 112 heavy (non-hydrogen) atoms. The molecule has 16 aromatic carbocycles. The first kappa shape index (κ1) is 64.0. The molecular formula is C102H62N8O2. The van der Waals surface area contributed by atoms with Crippen molar-refractivity contribution in [3.05, 3.63) is 376 Å². The van der Waals surface area contributed by atoms with Crippen LogP contribution in [0.25, 0.3) is 223 Å². The van der Waals surface area contributed by atoms with Crippen molar-refractivity contribution >= 4 is 87.5 Å². The molecule has 0 bridgehead atoms. The maximum absolute atomic E-state index is 6.89. The zero-order valence-electron chi connectivity index (χ0n) is 60.2. The highest BCUT2D eigenvalue weighted by atomic mass is 16.3. The molecule has 522 valence electrons. The number of nitrogens with zero attached hydrogens (tertiary/aromatic N) is 8. The second-order valence-corrected chi connectivity index (χ2v) is 28.5. The second-order valence-electron chi connectivity index (χ2n) is 28.5. The van der Waals surface area contributed by atoms with Crippen molar-refractivity contribution in [3.63, 3.8) is 0 Å². The van der Waals surface area contributed by atoms with Crippen molar-refractivity contribution in [2.75, 3.05) is 0 Å². The van der Waals surface area contributed by atoms with Gasteiger partial charge in [0.25, 0.3) is 0 Å². The summed E-state index contributed by atoms with van der Waals surface area (Å²) in [4.78, 5) is 31.5. The minimum absolute atomic E-state index is 0.549. The Morgan fingerprint density at radius 2 is 0.500 bits per heavy atom. The average Bonchev–Trinajstić information content (AvgIpc) is 1.58. The van der Waals surface area contributed by atoms with Crippen LogP contribution >= 0.6 is 0 Å². The maximum atomic E-state index is 6.89. The molecule has 0 unspecified atom stereocenters. The molecule has 0 saturated heterocycles. The van der Waals surface area contributed by atoms with Gasteiger partial charge in [-0.1, -0.05) is 291 Å². The van der Waals surface area contributed by atoms with Crippen molar-refractivity contribution in [3.8, 4) is 135 Å². The molecule has 0 aliphatic heterocycles. The van der Waals surface area contributed by atoms with Crippen LogP contribution in [0.3, 0.4) is 0 Å². The summed E-state index contributed by atoms with van der Waals surface area (Å²) in [7, 11) is 0. The molecule has 0 fully saturated rings. The van der Waals surface area contributed by atoms with Gasteiger partial charge in [0.2, 0.25) is 0 Å². The van der Waals surface area contributed by atoms with Crippen molar-refractivity contribution in [2.24, 2.45) is 0 Å². The Bertz CT molecular complexity index is 7420. The number of hydrogen-bond acceptors (Lipinski definition) is 8. The van der Waals surface area contributed by atoms with Crippen LogP contribution in [0, 0.1) is 0 Å². The lowest BCUT2D eigenvalue weighted by molar-refractivity contribution is 0.668. The highest BCUT2D eigenvalue weighted by Crippen LogP contribution is 2.46. The van der Waals surface area contributed by atoms with E-state index in [2.05, 4.69) is 288 Å².